The van der Waals surface area contributed by atoms with Crippen LogP contribution in [0.1, 0.15) is 42.0 Å². The zero-order chi connectivity index (χ0) is 21.3. The van der Waals surface area contributed by atoms with Gasteiger partial charge in [0.1, 0.15) is 17.3 Å². The summed E-state index contributed by atoms with van der Waals surface area (Å²) in [6.45, 7) is 6.01. The van der Waals surface area contributed by atoms with Gasteiger partial charge in [0.2, 0.25) is 0 Å². The monoisotopic (exact) mass is 396 g/mol. The Balaban J connectivity index is 1.93. The Bertz CT molecular complexity index is 1150. The molecule has 4 heteroatoms. The fourth-order valence-electron chi connectivity index (χ4n) is 3.67. The minimum atomic E-state index is -0.281. The highest BCUT2D eigenvalue weighted by Gasteiger charge is 2.33. The third-order valence-electron chi connectivity index (χ3n) is 5.22. The number of hydrogen-bond acceptors (Lipinski definition) is 3. The largest absolute Gasteiger partial charge is 0.508 e. The lowest BCUT2D eigenvalue weighted by molar-refractivity contribution is -0.113. The number of aryl methyl sites for hydroxylation is 1. The molecule has 1 aliphatic rings. The number of phenols is 1. The van der Waals surface area contributed by atoms with Crippen LogP contribution in [0.15, 0.2) is 83.5 Å². The Hall–Kier alpha value is -3.66. The molecule has 3 aromatic carbocycles. The lowest BCUT2D eigenvalue weighted by Crippen LogP contribution is -2.28. The Morgan fingerprint density at radius 3 is 2.23 bits per heavy atom. The smallest absolute Gasteiger partial charge is 0.296 e. The summed E-state index contributed by atoms with van der Waals surface area (Å²) in [7, 11) is 0. The van der Waals surface area contributed by atoms with Gasteiger partial charge in [-0.25, -0.2) is 0 Å². The van der Waals surface area contributed by atoms with E-state index in [0.717, 1.165) is 27.9 Å². The number of nitrogens with zero attached hydrogens (tertiary/aromatic N) is 2. The summed E-state index contributed by atoms with van der Waals surface area (Å²) in [6.07, 6.45) is 1.86. The molecular weight excluding hydrogens is 372 g/mol. The van der Waals surface area contributed by atoms with Crippen LogP contribution in [0.3, 0.4) is 0 Å². The first-order valence-electron chi connectivity index (χ1n) is 10.0. The van der Waals surface area contributed by atoms with Gasteiger partial charge in [-0.1, -0.05) is 74.5 Å². The van der Waals surface area contributed by atoms with Crippen molar-refractivity contribution in [2.45, 2.75) is 26.7 Å². The molecule has 4 nitrogen and oxygen atoms in total. The predicted octanol–water partition coefficient (Wildman–Crippen LogP) is 5.66. The van der Waals surface area contributed by atoms with Crippen molar-refractivity contribution in [2.75, 3.05) is 4.90 Å². The number of rotatable bonds is 4. The van der Waals surface area contributed by atoms with Crippen molar-refractivity contribution in [1.82, 2.24) is 0 Å². The zero-order valence-corrected chi connectivity index (χ0v) is 17.3. The molecule has 1 aliphatic heterocycles. The van der Waals surface area contributed by atoms with Gasteiger partial charge >= 0.3 is 0 Å². The van der Waals surface area contributed by atoms with E-state index < -0.39 is 0 Å². The summed E-state index contributed by atoms with van der Waals surface area (Å²) < 4.78 is 0. The van der Waals surface area contributed by atoms with Crippen molar-refractivity contribution < 1.29 is 9.90 Å². The minimum Gasteiger partial charge on any atom is -0.508 e. The number of amides is 1. The van der Waals surface area contributed by atoms with Crippen LogP contribution in [0.25, 0.3) is 6.08 Å². The predicted molar refractivity (Wildman–Crippen MR) is 122 cm³/mol. The van der Waals surface area contributed by atoms with Crippen LogP contribution in [0, 0.1) is 6.92 Å². The van der Waals surface area contributed by atoms with Crippen LogP contribution >= 0.6 is 0 Å². The first-order chi connectivity index (χ1) is 14.5. The summed E-state index contributed by atoms with van der Waals surface area (Å²) in [5, 5.41) is 10.4. The fraction of sp³-hybridized carbons (Fsp3) is 0.154. The van der Waals surface area contributed by atoms with Crippen molar-refractivity contribution in [3.8, 4) is 5.75 Å². The van der Waals surface area contributed by atoms with Crippen LogP contribution < -0.4 is 4.90 Å². The van der Waals surface area contributed by atoms with E-state index in [9.17, 15) is 9.90 Å². The van der Waals surface area contributed by atoms with Crippen LogP contribution in [-0.2, 0) is 4.79 Å². The molecule has 0 bridgehead atoms. The van der Waals surface area contributed by atoms with E-state index in [2.05, 4.69) is 4.99 Å². The quantitative estimate of drug-likeness (QED) is 0.579. The molecule has 4 rings (SSSR count). The van der Waals surface area contributed by atoms with E-state index in [1.165, 1.54) is 0 Å². The lowest BCUT2D eigenvalue weighted by atomic mass is 9.98. The molecule has 0 aliphatic carbocycles. The average Bonchev–Trinajstić information content (AvgIpc) is 3.05. The van der Waals surface area contributed by atoms with E-state index >= 15 is 0 Å². The highest BCUT2D eigenvalue weighted by atomic mass is 16.3. The summed E-state index contributed by atoms with van der Waals surface area (Å²) in [4.78, 5) is 19.3. The van der Waals surface area contributed by atoms with Gasteiger partial charge in [-0.15, -0.1) is 0 Å². The van der Waals surface area contributed by atoms with Gasteiger partial charge in [-0.2, -0.15) is 4.99 Å². The summed E-state index contributed by atoms with van der Waals surface area (Å²) in [6, 6.07) is 23.2. The van der Waals surface area contributed by atoms with Crippen molar-refractivity contribution in [3.05, 3.63) is 101 Å². The van der Waals surface area contributed by atoms with E-state index in [1.807, 2.05) is 98.5 Å². The second-order valence-corrected chi connectivity index (χ2v) is 7.73. The number of aromatic hydroxyl groups is 1. The molecular formula is C26H24N2O2. The minimum absolute atomic E-state index is 0.140. The Morgan fingerprint density at radius 2 is 1.60 bits per heavy atom. The van der Waals surface area contributed by atoms with E-state index in [4.69, 9.17) is 0 Å². The zero-order valence-electron chi connectivity index (χ0n) is 17.3. The molecule has 0 unspecified atom stereocenters. The highest BCUT2D eigenvalue weighted by Crippen LogP contribution is 2.37. The fourth-order valence-corrected chi connectivity index (χ4v) is 3.67. The highest BCUT2D eigenvalue weighted by molar-refractivity contribution is 6.28. The number of carbonyl (C=O) groups excluding carboxylic acids is 1. The van der Waals surface area contributed by atoms with Crippen molar-refractivity contribution in [2.24, 2.45) is 4.99 Å². The first-order valence-corrected chi connectivity index (χ1v) is 10.0. The molecule has 0 fully saturated rings. The Morgan fingerprint density at radius 1 is 0.967 bits per heavy atom. The van der Waals surface area contributed by atoms with Crippen LogP contribution in [0.4, 0.5) is 5.69 Å². The number of aliphatic imine (C=N–C) groups is 1. The maximum atomic E-state index is 13.0. The molecule has 0 saturated heterocycles. The maximum Gasteiger partial charge on any atom is 0.296 e. The van der Waals surface area contributed by atoms with Crippen LogP contribution in [0.5, 0.6) is 5.75 Å². The normalized spacial score (nSPS) is 15.2. The third kappa shape index (κ3) is 3.64. The molecule has 1 N–H and O–H groups in total. The lowest BCUT2D eigenvalue weighted by Gasteiger charge is -2.25. The van der Waals surface area contributed by atoms with Crippen LogP contribution in [0.2, 0.25) is 0 Å². The number of hydrogen-bond donors (Lipinski definition) is 1. The van der Waals surface area contributed by atoms with Gasteiger partial charge in [-0.05, 0) is 47.7 Å². The van der Waals surface area contributed by atoms with E-state index in [-0.39, 0.29) is 17.6 Å². The molecule has 3 aromatic rings. The molecule has 30 heavy (non-hydrogen) atoms. The molecule has 1 heterocycles. The van der Waals surface area contributed by atoms with Gasteiger partial charge in [0.25, 0.3) is 5.91 Å². The number of phenolic OH excluding ortho intramolecular Hbond substituents is 1. The number of anilines is 1. The second-order valence-electron chi connectivity index (χ2n) is 7.73. The molecule has 0 aromatic heterocycles. The van der Waals surface area contributed by atoms with Gasteiger partial charge in [0.15, 0.2) is 0 Å². The molecule has 0 saturated carbocycles. The van der Waals surface area contributed by atoms with Crippen molar-refractivity contribution >= 4 is 23.5 Å². The topological polar surface area (TPSA) is 52.9 Å². The number of benzene rings is 3. The van der Waals surface area contributed by atoms with Gasteiger partial charge in [0.05, 0.1) is 5.69 Å². The van der Waals surface area contributed by atoms with E-state index in [0.29, 0.717) is 11.5 Å². The standard InChI is InChI=1S/C26H24N2O2/c1-17(2)21-16-22(18(3)14-24(21)29)28-23(15-19-10-6-4-7-11-19)26(30)27-25(28)20-12-8-5-9-13-20/h4-17,29H,1-3H3. The molecule has 1 amide bonds. The molecule has 0 radical (unpaired) electrons. The third-order valence-corrected chi connectivity index (χ3v) is 5.22. The summed E-state index contributed by atoms with van der Waals surface area (Å²) >= 11 is 0. The maximum absolute atomic E-state index is 13.0. The van der Waals surface area contributed by atoms with Crippen molar-refractivity contribution in [1.29, 1.82) is 0 Å². The number of amidine groups is 1. The van der Waals surface area contributed by atoms with Gasteiger partial charge < -0.3 is 5.11 Å². The van der Waals surface area contributed by atoms with Gasteiger partial charge in [0, 0.05) is 5.56 Å². The van der Waals surface area contributed by atoms with Crippen molar-refractivity contribution in [3.63, 3.8) is 0 Å². The number of carbonyl (C=O) groups is 1. The Kier molecular flexibility index (Phi) is 5.23. The average molecular weight is 396 g/mol. The molecule has 150 valence electrons. The SMILES string of the molecule is Cc1cc(O)c(C(C)C)cc1N1C(=Cc2ccccc2)C(=O)N=C1c1ccccc1. The Labute approximate surface area is 176 Å². The van der Waals surface area contributed by atoms with Crippen LogP contribution in [-0.4, -0.2) is 16.8 Å². The molecule has 0 atom stereocenters. The van der Waals surface area contributed by atoms with Gasteiger partial charge in [-0.3, -0.25) is 9.69 Å². The first kappa shape index (κ1) is 19.6. The second kappa shape index (κ2) is 7.99. The van der Waals surface area contributed by atoms with E-state index in [1.54, 1.807) is 6.07 Å². The molecule has 0 spiro atoms. The summed E-state index contributed by atoms with van der Waals surface area (Å²) in [5.41, 5.74) is 4.82. The summed E-state index contributed by atoms with van der Waals surface area (Å²) in [5.74, 6) is 0.715.